The highest BCUT2D eigenvalue weighted by molar-refractivity contribution is 8.00. The van der Waals surface area contributed by atoms with Gasteiger partial charge in [0.05, 0.1) is 5.02 Å². The number of rotatable bonds is 4. The minimum atomic E-state index is -4.36. The van der Waals surface area contributed by atoms with Crippen molar-refractivity contribution >= 4 is 35.1 Å². The van der Waals surface area contributed by atoms with Crippen molar-refractivity contribution in [3.8, 4) is 0 Å². The maximum Gasteiger partial charge on any atom is 0.446 e. The van der Waals surface area contributed by atoms with Gasteiger partial charge in [-0.1, -0.05) is 17.7 Å². The molecule has 0 aliphatic rings. The first-order valence-corrected chi connectivity index (χ1v) is 7.77. The van der Waals surface area contributed by atoms with Crippen LogP contribution in [0.5, 0.6) is 0 Å². The molecule has 0 fully saturated rings. The van der Waals surface area contributed by atoms with Crippen LogP contribution in [-0.4, -0.2) is 11.5 Å². The molecule has 2 aromatic carbocycles. The molecule has 3 nitrogen and oxygen atoms in total. The smallest absolute Gasteiger partial charge is 0.334 e. The van der Waals surface area contributed by atoms with Crippen LogP contribution in [0.15, 0.2) is 47.4 Å². The van der Waals surface area contributed by atoms with Gasteiger partial charge in [-0.15, -0.1) is 0 Å². The van der Waals surface area contributed by atoms with Crippen LogP contribution in [0.4, 0.5) is 28.0 Å². The van der Waals surface area contributed by atoms with Gasteiger partial charge in [-0.3, -0.25) is 0 Å². The molecule has 2 aromatic rings. The number of thioether (sulfide) groups is 1. The molecular formula is C15H11ClF4N2OS. The van der Waals surface area contributed by atoms with Gasteiger partial charge in [0, 0.05) is 17.1 Å². The fraction of sp³-hybridized carbons (Fsp3) is 0.133. The molecule has 0 bridgehead atoms. The van der Waals surface area contributed by atoms with E-state index >= 15 is 0 Å². The predicted molar refractivity (Wildman–Crippen MR) is 85.6 cm³/mol. The van der Waals surface area contributed by atoms with E-state index in [2.05, 4.69) is 10.6 Å². The molecule has 0 aromatic heterocycles. The summed E-state index contributed by atoms with van der Waals surface area (Å²) >= 11 is 5.40. The van der Waals surface area contributed by atoms with Crippen LogP contribution in [0.2, 0.25) is 5.02 Å². The molecule has 0 unspecified atom stereocenters. The van der Waals surface area contributed by atoms with E-state index in [0.717, 1.165) is 0 Å². The number of hydrogen-bond donors (Lipinski definition) is 2. The molecule has 0 saturated heterocycles. The molecule has 0 aliphatic heterocycles. The average Bonchev–Trinajstić information content (AvgIpc) is 2.49. The van der Waals surface area contributed by atoms with Crippen LogP contribution in [0.1, 0.15) is 5.56 Å². The fourth-order valence-electron chi connectivity index (χ4n) is 1.75. The second-order valence-corrected chi connectivity index (χ2v) is 6.17. The molecule has 0 radical (unpaired) electrons. The summed E-state index contributed by atoms with van der Waals surface area (Å²) in [4.78, 5) is 11.8. The Balaban J connectivity index is 1.86. The molecule has 2 N–H and O–H groups in total. The van der Waals surface area contributed by atoms with E-state index < -0.39 is 17.4 Å². The summed E-state index contributed by atoms with van der Waals surface area (Å²) in [5.41, 5.74) is -3.41. The normalized spacial score (nSPS) is 11.2. The minimum absolute atomic E-state index is 0.0226. The highest BCUT2D eigenvalue weighted by Gasteiger charge is 2.29. The summed E-state index contributed by atoms with van der Waals surface area (Å²) in [5.74, 6) is -0.554. The van der Waals surface area contributed by atoms with Gasteiger partial charge < -0.3 is 10.6 Å². The Morgan fingerprint density at radius 3 is 2.38 bits per heavy atom. The van der Waals surface area contributed by atoms with Gasteiger partial charge in [0.15, 0.2) is 0 Å². The molecule has 9 heteroatoms. The van der Waals surface area contributed by atoms with Crippen molar-refractivity contribution in [2.24, 2.45) is 0 Å². The van der Waals surface area contributed by atoms with Gasteiger partial charge in [-0.25, -0.2) is 9.18 Å². The predicted octanol–water partition coefficient (Wildman–Crippen LogP) is 5.41. The Morgan fingerprint density at radius 1 is 1.12 bits per heavy atom. The van der Waals surface area contributed by atoms with Crippen LogP contribution in [-0.2, 0) is 6.54 Å². The molecule has 24 heavy (non-hydrogen) atoms. The fourth-order valence-corrected chi connectivity index (χ4v) is 2.49. The van der Waals surface area contributed by atoms with Crippen molar-refractivity contribution in [1.82, 2.24) is 5.32 Å². The quantitative estimate of drug-likeness (QED) is 0.551. The van der Waals surface area contributed by atoms with Gasteiger partial charge >= 0.3 is 11.5 Å². The molecule has 0 heterocycles. The third-order valence-electron chi connectivity index (χ3n) is 2.78. The zero-order valence-corrected chi connectivity index (χ0v) is 13.5. The molecule has 0 saturated carbocycles. The van der Waals surface area contributed by atoms with E-state index in [1.54, 1.807) is 0 Å². The largest absolute Gasteiger partial charge is 0.446 e. The average molecular weight is 379 g/mol. The second-order valence-electron chi connectivity index (χ2n) is 4.63. The van der Waals surface area contributed by atoms with Crippen LogP contribution < -0.4 is 10.6 Å². The van der Waals surface area contributed by atoms with Crippen molar-refractivity contribution < 1.29 is 22.4 Å². The molecule has 0 aliphatic carbocycles. The summed E-state index contributed by atoms with van der Waals surface area (Å²) in [6.45, 7) is 0.119. The SMILES string of the molecule is O=C(NCc1ccc(F)c(Cl)c1)Nc1ccc(SC(F)(F)F)cc1. The number of carbonyl (C=O) groups is 1. The highest BCUT2D eigenvalue weighted by Crippen LogP contribution is 2.37. The lowest BCUT2D eigenvalue weighted by atomic mass is 10.2. The number of nitrogens with one attached hydrogen (secondary N) is 2. The Labute approximate surface area is 144 Å². The van der Waals surface area contributed by atoms with E-state index in [1.165, 1.54) is 42.5 Å². The molecule has 0 atom stereocenters. The topological polar surface area (TPSA) is 41.1 Å². The second kappa shape index (κ2) is 7.76. The molecule has 128 valence electrons. The summed E-state index contributed by atoms with van der Waals surface area (Å²) in [5, 5.41) is 4.96. The van der Waals surface area contributed by atoms with Crippen molar-refractivity contribution in [3.05, 3.63) is 58.9 Å². The summed E-state index contributed by atoms with van der Waals surface area (Å²) in [6.07, 6.45) is 0. The number of anilines is 1. The van der Waals surface area contributed by atoms with E-state index in [4.69, 9.17) is 11.6 Å². The molecule has 2 amide bonds. The maximum absolute atomic E-state index is 13.0. The van der Waals surface area contributed by atoms with Gasteiger partial charge in [-0.2, -0.15) is 13.2 Å². The summed E-state index contributed by atoms with van der Waals surface area (Å²) in [7, 11) is 0. The maximum atomic E-state index is 13.0. The number of carbonyl (C=O) groups excluding carboxylic acids is 1. The van der Waals surface area contributed by atoms with E-state index in [0.29, 0.717) is 11.3 Å². The van der Waals surface area contributed by atoms with Gasteiger partial charge in [0.25, 0.3) is 0 Å². The third-order valence-corrected chi connectivity index (χ3v) is 3.81. The van der Waals surface area contributed by atoms with E-state index in [9.17, 15) is 22.4 Å². The van der Waals surface area contributed by atoms with Gasteiger partial charge in [0.2, 0.25) is 0 Å². The highest BCUT2D eigenvalue weighted by atomic mass is 35.5. The Kier molecular flexibility index (Phi) is 5.95. The molecule has 0 spiro atoms. The van der Waals surface area contributed by atoms with E-state index in [-0.39, 0.29) is 28.2 Å². The summed E-state index contributed by atoms with van der Waals surface area (Å²) < 4.78 is 49.7. The Bertz CT molecular complexity index is 722. The van der Waals surface area contributed by atoms with Crippen molar-refractivity contribution in [1.29, 1.82) is 0 Å². The Hall–Kier alpha value is -1.93. The van der Waals surface area contributed by atoms with Crippen LogP contribution in [0, 0.1) is 5.82 Å². The first-order chi connectivity index (χ1) is 11.2. The molecular weight excluding hydrogens is 368 g/mol. The van der Waals surface area contributed by atoms with Gasteiger partial charge in [-0.05, 0) is 53.7 Å². The number of benzene rings is 2. The van der Waals surface area contributed by atoms with Crippen molar-refractivity contribution in [3.63, 3.8) is 0 Å². The zero-order valence-electron chi connectivity index (χ0n) is 12.0. The Morgan fingerprint density at radius 2 is 1.79 bits per heavy atom. The number of urea groups is 1. The number of hydrogen-bond acceptors (Lipinski definition) is 2. The third kappa shape index (κ3) is 5.93. The van der Waals surface area contributed by atoms with Crippen molar-refractivity contribution in [2.75, 3.05) is 5.32 Å². The van der Waals surface area contributed by atoms with Crippen molar-refractivity contribution in [2.45, 2.75) is 16.9 Å². The standard InChI is InChI=1S/C15H11ClF4N2OS/c16-12-7-9(1-6-13(12)17)8-21-14(23)22-10-2-4-11(5-3-10)24-15(18,19)20/h1-7H,8H2,(H2,21,22,23). The van der Waals surface area contributed by atoms with Gasteiger partial charge in [0.1, 0.15) is 5.82 Å². The number of halogens is 5. The lowest BCUT2D eigenvalue weighted by molar-refractivity contribution is -0.0328. The zero-order chi connectivity index (χ0) is 17.7. The monoisotopic (exact) mass is 378 g/mol. The number of alkyl halides is 3. The number of amides is 2. The first kappa shape index (κ1) is 18.4. The lowest BCUT2D eigenvalue weighted by Crippen LogP contribution is -2.28. The van der Waals surface area contributed by atoms with Crippen LogP contribution in [0.25, 0.3) is 0 Å². The van der Waals surface area contributed by atoms with Crippen LogP contribution >= 0.6 is 23.4 Å². The molecule has 2 rings (SSSR count). The van der Waals surface area contributed by atoms with E-state index in [1.807, 2.05) is 0 Å². The van der Waals surface area contributed by atoms with Crippen LogP contribution in [0.3, 0.4) is 0 Å². The summed E-state index contributed by atoms with van der Waals surface area (Å²) in [6, 6.07) is 8.75. The minimum Gasteiger partial charge on any atom is -0.334 e. The lowest BCUT2D eigenvalue weighted by Gasteiger charge is -2.09. The first-order valence-electron chi connectivity index (χ1n) is 6.57.